The number of carbonyl (C=O) groups is 1. The van der Waals surface area contributed by atoms with Crippen molar-refractivity contribution in [3.05, 3.63) is 27.7 Å². The molecular formula is C14H17BrClNO2. The molecule has 1 aliphatic rings. The van der Waals surface area contributed by atoms with E-state index in [1.54, 1.807) is 6.07 Å². The van der Waals surface area contributed by atoms with Crippen LogP contribution in [0.15, 0.2) is 22.7 Å². The molecule has 19 heavy (non-hydrogen) atoms. The summed E-state index contributed by atoms with van der Waals surface area (Å²) in [4.78, 5) is 12.0. The molecule has 1 saturated carbocycles. The van der Waals surface area contributed by atoms with E-state index in [1.165, 1.54) is 20.0 Å². The lowest BCUT2D eigenvalue weighted by Gasteiger charge is -2.29. The number of methoxy groups -OCH3 is 1. The fourth-order valence-electron chi connectivity index (χ4n) is 2.20. The van der Waals surface area contributed by atoms with Crippen molar-refractivity contribution in [3.63, 3.8) is 0 Å². The molecule has 2 rings (SSSR count). The van der Waals surface area contributed by atoms with Crippen LogP contribution < -0.4 is 5.32 Å². The van der Waals surface area contributed by atoms with Crippen LogP contribution in [0.25, 0.3) is 0 Å². The van der Waals surface area contributed by atoms with Gasteiger partial charge in [-0.05, 0) is 53.4 Å². The number of hydrogen-bond donors (Lipinski definition) is 1. The minimum Gasteiger partial charge on any atom is -0.467 e. The van der Waals surface area contributed by atoms with E-state index in [0.717, 1.165) is 16.6 Å². The fourth-order valence-corrected chi connectivity index (χ4v) is 2.70. The lowest BCUT2D eigenvalue weighted by molar-refractivity contribution is -0.145. The summed E-state index contributed by atoms with van der Waals surface area (Å²) in [6.45, 7) is 1.89. The monoisotopic (exact) mass is 345 g/mol. The van der Waals surface area contributed by atoms with Gasteiger partial charge in [-0.25, -0.2) is 4.79 Å². The minimum absolute atomic E-state index is 0.231. The van der Waals surface area contributed by atoms with E-state index < -0.39 is 5.54 Å². The number of esters is 1. The second kappa shape index (κ2) is 5.71. The highest BCUT2D eigenvalue weighted by Gasteiger charge is 2.40. The molecule has 1 fully saturated rings. The quantitative estimate of drug-likeness (QED) is 0.810. The van der Waals surface area contributed by atoms with E-state index in [0.29, 0.717) is 10.9 Å². The van der Waals surface area contributed by atoms with Crippen LogP contribution in [-0.2, 0) is 9.53 Å². The third kappa shape index (κ3) is 3.63. The van der Waals surface area contributed by atoms with Crippen LogP contribution >= 0.6 is 27.5 Å². The first-order valence-corrected chi connectivity index (χ1v) is 7.43. The van der Waals surface area contributed by atoms with Crippen molar-refractivity contribution >= 4 is 39.2 Å². The van der Waals surface area contributed by atoms with Gasteiger partial charge in [0, 0.05) is 10.2 Å². The third-order valence-electron chi connectivity index (χ3n) is 3.37. The average molecular weight is 347 g/mol. The maximum Gasteiger partial charge on any atom is 0.331 e. The Balaban J connectivity index is 2.18. The number of anilines is 1. The predicted molar refractivity (Wildman–Crippen MR) is 80.5 cm³/mol. The molecular weight excluding hydrogens is 330 g/mol. The molecule has 0 aromatic heterocycles. The predicted octanol–water partition coefficient (Wildman–Crippen LogP) is 4.25. The van der Waals surface area contributed by atoms with Crippen molar-refractivity contribution in [2.45, 2.75) is 31.7 Å². The summed E-state index contributed by atoms with van der Waals surface area (Å²) in [7, 11) is 1.42. The number of ether oxygens (including phenoxy) is 1. The van der Waals surface area contributed by atoms with Crippen LogP contribution in [0.1, 0.15) is 26.2 Å². The van der Waals surface area contributed by atoms with Crippen molar-refractivity contribution < 1.29 is 9.53 Å². The second-order valence-electron chi connectivity index (χ2n) is 5.23. The van der Waals surface area contributed by atoms with Gasteiger partial charge in [-0.15, -0.1) is 0 Å². The Morgan fingerprint density at radius 3 is 2.79 bits per heavy atom. The van der Waals surface area contributed by atoms with Gasteiger partial charge in [0.1, 0.15) is 5.54 Å². The highest BCUT2D eigenvalue weighted by Crippen LogP contribution is 2.39. The molecule has 1 unspecified atom stereocenters. The molecule has 0 heterocycles. The first kappa shape index (κ1) is 14.7. The van der Waals surface area contributed by atoms with E-state index in [2.05, 4.69) is 21.2 Å². The number of hydrogen-bond acceptors (Lipinski definition) is 3. The number of carbonyl (C=O) groups excluding carboxylic acids is 1. The summed E-state index contributed by atoms with van der Waals surface area (Å²) in [5, 5.41) is 3.93. The van der Waals surface area contributed by atoms with Crippen molar-refractivity contribution in [3.8, 4) is 0 Å². The third-order valence-corrected chi connectivity index (χ3v) is 4.58. The highest BCUT2D eigenvalue weighted by atomic mass is 79.9. The summed E-state index contributed by atoms with van der Waals surface area (Å²) in [6.07, 6.45) is 3.18. The first-order valence-electron chi connectivity index (χ1n) is 6.26. The van der Waals surface area contributed by atoms with Gasteiger partial charge in [-0.1, -0.05) is 24.4 Å². The van der Waals surface area contributed by atoms with Crippen LogP contribution in [0, 0.1) is 5.92 Å². The van der Waals surface area contributed by atoms with Crippen molar-refractivity contribution in [1.29, 1.82) is 0 Å². The Bertz CT molecular complexity index is 490. The van der Waals surface area contributed by atoms with Crippen LogP contribution in [0.4, 0.5) is 5.69 Å². The fraction of sp³-hybridized carbons (Fsp3) is 0.500. The summed E-state index contributed by atoms with van der Waals surface area (Å²) in [6, 6.07) is 5.53. The molecule has 0 radical (unpaired) electrons. The van der Waals surface area contributed by atoms with Crippen LogP contribution in [-0.4, -0.2) is 18.6 Å². The van der Waals surface area contributed by atoms with Crippen molar-refractivity contribution in [1.82, 2.24) is 0 Å². The highest BCUT2D eigenvalue weighted by molar-refractivity contribution is 9.10. The van der Waals surface area contributed by atoms with E-state index >= 15 is 0 Å². The Labute approximate surface area is 126 Å². The van der Waals surface area contributed by atoms with Gasteiger partial charge < -0.3 is 10.1 Å². The molecule has 104 valence electrons. The Morgan fingerprint density at radius 2 is 2.26 bits per heavy atom. The molecule has 0 bridgehead atoms. The topological polar surface area (TPSA) is 38.3 Å². The zero-order valence-electron chi connectivity index (χ0n) is 11.0. The van der Waals surface area contributed by atoms with Gasteiger partial charge in [0.2, 0.25) is 0 Å². The summed E-state index contributed by atoms with van der Waals surface area (Å²) in [5.41, 5.74) is 0.160. The molecule has 1 atom stereocenters. The zero-order valence-corrected chi connectivity index (χ0v) is 13.3. The van der Waals surface area contributed by atoms with E-state index in [1.807, 2.05) is 19.1 Å². The maximum atomic E-state index is 12.0. The summed E-state index contributed by atoms with van der Waals surface area (Å²) >= 11 is 9.35. The first-order chi connectivity index (χ1) is 8.94. The van der Waals surface area contributed by atoms with Gasteiger partial charge in [-0.3, -0.25) is 0 Å². The summed E-state index contributed by atoms with van der Waals surface area (Å²) in [5.74, 6) is 0.387. The van der Waals surface area contributed by atoms with Crippen LogP contribution in [0.3, 0.4) is 0 Å². The minimum atomic E-state index is -0.691. The molecule has 0 spiro atoms. The van der Waals surface area contributed by atoms with E-state index in [-0.39, 0.29) is 5.97 Å². The summed E-state index contributed by atoms with van der Waals surface area (Å²) < 4.78 is 5.73. The number of nitrogens with one attached hydrogen (secondary N) is 1. The lowest BCUT2D eigenvalue weighted by atomic mass is 9.94. The van der Waals surface area contributed by atoms with Crippen molar-refractivity contribution in [2.24, 2.45) is 5.92 Å². The standard InChI is InChI=1S/C14H17BrClNO2/c1-14(13(18)19-2,8-9-3-4-9)17-10-5-6-12(16)11(15)7-10/h5-7,9,17H,3-4,8H2,1-2H3. The van der Waals surface area contributed by atoms with Gasteiger partial charge in [-0.2, -0.15) is 0 Å². The molecule has 1 aliphatic carbocycles. The largest absolute Gasteiger partial charge is 0.467 e. The van der Waals surface area contributed by atoms with Crippen LogP contribution in [0.5, 0.6) is 0 Å². The molecule has 1 N–H and O–H groups in total. The molecule has 3 nitrogen and oxygen atoms in total. The Morgan fingerprint density at radius 1 is 1.58 bits per heavy atom. The van der Waals surface area contributed by atoms with Gasteiger partial charge >= 0.3 is 5.97 Å². The smallest absolute Gasteiger partial charge is 0.331 e. The van der Waals surface area contributed by atoms with Gasteiger partial charge in [0.05, 0.1) is 12.1 Å². The molecule has 1 aromatic rings. The number of halogens is 2. The van der Waals surface area contributed by atoms with E-state index in [4.69, 9.17) is 16.3 Å². The Kier molecular flexibility index (Phi) is 4.41. The molecule has 0 saturated heterocycles. The average Bonchev–Trinajstić information content (AvgIpc) is 3.16. The lowest BCUT2D eigenvalue weighted by Crippen LogP contribution is -2.44. The van der Waals surface area contributed by atoms with Gasteiger partial charge in [0.25, 0.3) is 0 Å². The Hall–Kier alpha value is -0.740. The maximum absolute atomic E-state index is 12.0. The second-order valence-corrected chi connectivity index (χ2v) is 6.49. The zero-order chi connectivity index (χ0) is 14.0. The van der Waals surface area contributed by atoms with E-state index in [9.17, 15) is 4.79 Å². The molecule has 0 aliphatic heterocycles. The van der Waals surface area contributed by atoms with Crippen LogP contribution in [0.2, 0.25) is 5.02 Å². The van der Waals surface area contributed by atoms with Gasteiger partial charge in [0.15, 0.2) is 0 Å². The van der Waals surface area contributed by atoms with Crippen molar-refractivity contribution in [2.75, 3.05) is 12.4 Å². The number of benzene rings is 1. The molecule has 0 amide bonds. The number of rotatable bonds is 5. The normalized spacial score (nSPS) is 17.7. The SMILES string of the molecule is COC(=O)C(C)(CC1CC1)Nc1ccc(Cl)c(Br)c1. The molecule has 5 heteroatoms. The molecule has 1 aromatic carbocycles.